The van der Waals surface area contributed by atoms with Gasteiger partial charge < -0.3 is 15.2 Å². The molecule has 6 nitrogen and oxygen atoms in total. The first-order valence-corrected chi connectivity index (χ1v) is 9.60. The average Bonchev–Trinajstić information content (AvgIpc) is 3.14. The number of imidazole rings is 1. The second-order valence-corrected chi connectivity index (χ2v) is 6.97. The lowest BCUT2D eigenvalue weighted by Crippen LogP contribution is -2.25. The number of fused-ring (bicyclic) bond motifs is 1. The van der Waals surface area contributed by atoms with Gasteiger partial charge in [0.1, 0.15) is 11.5 Å². The molecule has 2 aromatic carbocycles. The van der Waals surface area contributed by atoms with E-state index in [1.165, 1.54) is 24.3 Å². The lowest BCUT2D eigenvalue weighted by atomic mass is 10.1. The Kier molecular flexibility index (Phi) is 5.37. The molecule has 7 heteroatoms. The van der Waals surface area contributed by atoms with Gasteiger partial charge in [0, 0.05) is 18.8 Å². The quantitative estimate of drug-likeness (QED) is 0.697. The van der Waals surface area contributed by atoms with Crippen LogP contribution < -0.4 is 10.6 Å². The van der Waals surface area contributed by atoms with E-state index in [1.807, 2.05) is 34.9 Å². The largest absolute Gasteiger partial charge is 0.347 e. The van der Waals surface area contributed by atoms with E-state index < -0.39 is 5.91 Å². The van der Waals surface area contributed by atoms with Gasteiger partial charge in [-0.25, -0.2) is 9.37 Å². The van der Waals surface area contributed by atoms with Crippen LogP contribution in [0.2, 0.25) is 0 Å². The van der Waals surface area contributed by atoms with Gasteiger partial charge in [0.05, 0.1) is 5.69 Å². The molecule has 4 rings (SSSR count). The van der Waals surface area contributed by atoms with Gasteiger partial charge in [0.15, 0.2) is 5.82 Å². The fourth-order valence-electron chi connectivity index (χ4n) is 3.48. The lowest BCUT2D eigenvalue weighted by Gasteiger charge is -2.17. The van der Waals surface area contributed by atoms with E-state index in [-0.39, 0.29) is 17.5 Å². The maximum Gasteiger partial charge on any atom is 0.291 e. The zero-order valence-electron chi connectivity index (χ0n) is 15.8. The second kappa shape index (κ2) is 8.26. The maximum absolute atomic E-state index is 13.1. The summed E-state index contributed by atoms with van der Waals surface area (Å²) in [7, 11) is 0. The van der Waals surface area contributed by atoms with Gasteiger partial charge in [-0.1, -0.05) is 30.3 Å². The Bertz CT molecular complexity index is 1030. The summed E-state index contributed by atoms with van der Waals surface area (Å²) in [6.45, 7) is 1.03. The third-order valence-electron chi connectivity index (χ3n) is 4.93. The van der Waals surface area contributed by atoms with E-state index in [9.17, 15) is 14.0 Å². The fourth-order valence-corrected chi connectivity index (χ4v) is 3.48. The molecule has 0 spiro atoms. The predicted molar refractivity (Wildman–Crippen MR) is 107 cm³/mol. The summed E-state index contributed by atoms with van der Waals surface area (Å²) < 4.78 is 14.9. The monoisotopic (exact) mass is 392 g/mol. The van der Waals surface area contributed by atoms with E-state index >= 15 is 0 Å². The summed E-state index contributed by atoms with van der Waals surface area (Å²) in [6, 6.07) is 15.1. The number of aromatic nitrogens is 2. The number of anilines is 1. The van der Waals surface area contributed by atoms with Gasteiger partial charge in [-0.3, -0.25) is 9.59 Å². The molecule has 1 aromatic heterocycles. The van der Waals surface area contributed by atoms with Crippen LogP contribution in [0.25, 0.3) is 0 Å². The fraction of sp³-hybridized carbons (Fsp3) is 0.227. The van der Waals surface area contributed by atoms with Crippen molar-refractivity contribution in [2.45, 2.75) is 32.4 Å². The molecule has 0 bridgehead atoms. The summed E-state index contributed by atoms with van der Waals surface area (Å²) in [5.74, 6) is -0.880. The van der Waals surface area contributed by atoms with Crippen molar-refractivity contribution in [3.8, 4) is 0 Å². The molecule has 148 valence electrons. The average molecular weight is 392 g/mol. The highest BCUT2D eigenvalue weighted by atomic mass is 19.1. The first kappa shape index (κ1) is 18.9. The smallest absolute Gasteiger partial charge is 0.291 e. The van der Waals surface area contributed by atoms with Crippen molar-refractivity contribution < 1.29 is 14.0 Å². The number of carbonyl (C=O) groups excluding carboxylic acids is 2. The van der Waals surface area contributed by atoms with Crippen LogP contribution in [0.1, 0.15) is 45.2 Å². The molecule has 29 heavy (non-hydrogen) atoms. The number of halogens is 1. The molecule has 0 aliphatic carbocycles. The van der Waals surface area contributed by atoms with E-state index in [0.29, 0.717) is 30.9 Å². The number of amides is 2. The highest BCUT2D eigenvalue weighted by Crippen LogP contribution is 2.22. The summed E-state index contributed by atoms with van der Waals surface area (Å²) in [5.41, 5.74) is 2.54. The standard InChI is InChI=1S/C22H21FN4O2/c23-16-9-11-17(12-10-16)25-22(29)20-26-19(18-8-4-5-13-27(18)20)21(28)24-14-15-6-2-1-3-7-15/h1-3,6-7,9-12H,4-5,8,13-14H2,(H,24,28)(H,25,29). The zero-order valence-corrected chi connectivity index (χ0v) is 15.8. The van der Waals surface area contributed by atoms with Crippen LogP contribution >= 0.6 is 0 Å². The number of nitrogens with zero attached hydrogens (tertiary/aromatic N) is 2. The molecule has 3 aromatic rings. The van der Waals surface area contributed by atoms with Gasteiger partial charge in [-0.15, -0.1) is 0 Å². The van der Waals surface area contributed by atoms with E-state index in [2.05, 4.69) is 15.6 Å². The number of carbonyl (C=O) groups is 2. The van der Waals surface area contributed by atoms with Crippen LogP contribution in [0.4, 0.5) is 10.1 Å². The molecular weight excluding hydrogens is 371 g/mol. The van der Waals surface area contributed by atoms with Gasteiger partial charge in [0.25, 0.3) is 11.8 Å². The molecule has 0 unspecified atom stereocenters. The number of benzene rings is 2. The molecule has 0 atom stereocenters. The summed E-state index contributed by atoms with van der Waals surface area (Å²) in [5, 5.41) is 5.61. The number of rotatable bonds is 5. The Morgan fingerprint density at radius 2 is 1.76 bits per heavy atom. The Hall–Kier alpha value is -3.48. The highest BCUT2D eigenvalue weighted by Gasteiger charge is 2.27. The van der Waals surface area contributed by atoms with Crippen molar-refractivity contribution in [2.75, 3.05) is 5.32 Å². The SMILES string of the molecule is O=C(NCc1ccccc1)c1nc(C(=O)Nc2ccc(F)cc2)n2c1CCCC2. The number of hydrogen-bond donors (Lipinski definition) is 2. The Labute approximate surface area is 167 Å². The van der Waals surface area contributed by atoms with Crippen LogP contribution in [0.5, 0.6) is 0 Å². The number of nitrogens with one attached hydrogen (secondary N) is 2. The minimum Gasteiger partial charge on any atom is -0.347 e. The lowest BCUT2D eigenvalue weighted by molar-refractivity contribution is 0.0945. The molecule has 1 aliphatic rings. The molecule has 1 aliphatic heterocycles. The molecule has 2 N–H and O–H groups in total. The minimum atomic E-state index is -0.415. The van der Waals surface area contributed by atoms with Crippen molar-refractivity contribution >= 4 is 17.5 Å². The molecule has 2 heterocycles. The molecule has 0 radical (unpaired) electrons. The Balaban J connectivity index is 1.55. The normalized spacial score (nSPS) is 12.9. The summed E-state index contributed by atoms with van der Waals surface area (Å²) in [4.78, 5) is 29.9. The van der Waals surface area contributed by atoms with Crippen molar-refractivity contribution in [1.29, 1.82) is 0 Å². The molecule has 0 fully saturated rings. The van der Waals surface area contributed by atoms with Crippen molar-refractivity contribution in [1.82, 2.24) is 14.9 Å². The first-order valence-electron chi connectivity index (χ1n) is 9.60. The van der Waals surface area contributed by atoms with Gasteiger partial charge in [0.2, 0.25) is 0 Å². The number of hydrogen-bond acceptors (Lipinski definition) is 3. The molecule has 0 saturated heterocycles. The Morgan fingerprint density at radius 3 is 2.52 bits per heavy atom. The third kappa shape index (κ3) is 4.18. The van der Waals surface area contributed by atoms with Gasteiger partial charge in [-0.2, -0.15) is 0 Å². The molecule has 2 amide bonds. The highest BCUT2D eigenvalue weighted by molar-refractivity contribution is 6.03. The first-order chi connectivity index (χ1) is 14.1. The third-order valence-corrected chi connectivity index (χ3v) is 4.93. The zero-order chi connectivity index (χ0) is 20.2. The van der Waals surface area contributed by atoms with E-state index in [4.69, 9.17) is 0 Å². The maximum atomic E-state index is 13.1. The van der Waals surface area contributed by atoms with Crippen molar-refractivity contribution in [3.05, 3.63) is 83.2 Å². The molecule has 0 saturated carbocycles. The van der Waals surface area contributed by atoms with Crippen LogP contribution in [0.3, 0.4) is 0 Å². The van der Waals surface area contributed by atoms with Crippen LogP contribution in [-0.4, -0.2) is 21.4 Å². The minimum absolute atomic E-state index is 0.203. The topological polar surface area (TPSA) is 76.0 Å². The van der Waals surface area contributed by atoms with E-state index in [1.54, 1.807) is 0 Å². The predicted octanol–water partition coefficient (Wildman–Crippen LogP) is 3.54. The van der Waals surface area contributed by atoms with Crippen LogP contribution in [0.15, 0.2) is 54.6 Å². The summed E-state index contributed by atoms with van der Waals surface area (Å²) >= 11 is 0. The molecular formula is C22H21FN4O2. The van der Waals surface area contributed by atoms with Crippen LogP contribution in [0, 0.1) is 5.82 Å². The van der Waals surface area contributed by atoms with Gasteiger partial charge >= 0.3 is 0 Å². The van der Waals surface area contributed by atoms with Crippen LogP contribution in [-0.2, 0) is 19.5 Å². The summed E-state index contributed by atoms with van der Waals surface area (Å²) in [6.07, 6.45) is 2.57. The second-order valence-electron chi connectivity index (χ2n) is 6.97. The Morgan fingerprint density at radius 1 is 1.00 bits per heavy atom. The van der Waals surface area contributed by atoms with E-state index in [0.717, 1.165) is 24.1 Å². The van der Waals surface area contributed by atoms with Gasteiger partial charge in [-0.05, 0) is 49.1 Å². The van der Waals surface area contributed by atoms with Crippen molar-refractivity contribution in [3.63, 3.8) is 0 Å². The van der Waals surface area contributed by atoms with Crippen molar-refractivity contribution in [2.24, 2.45) is 0 Å².